The number of esters is 1. The molecule has 7 nitrogen and oxygen atoms in total. The summed E-state index contributed by atoms with van der Waals surface area (Å²) in [5.74, 6) is -0.976. The van der Waals surface area contributed by atoms with Gasteiger partial charge in [0.1, 0.15) is 18.3 Å². The van der Waals surface area contributed by atoms with E-state index in [2.05, 4.69) is 4.98 Å². The van der Waals surface area contributed by atoms with Gasteiger partial charge in [-0.2, -0.15) is 11.8 Å². The number of imidazole rings is 1. The van der Waals surface area contributed by atoms with Gasteiger partial charge in [-0.15, -0.1) is 0 Å². The lowest BCUT2D eigenvalue weighted by molar-refractivity contribution is -0.149. The fourth-order valence-corrected chi connectivity index (χ4v) is 4.03. The van der Waals surface area contributed by atoms with Gasteiger partial charge in [-0.3, -0.25) is 14.5 Å². The molecule has 1 aromatic carbocycles. The summed E-state index contributed by atoms with van der Waals surface area (Å²) in [6.45, 7) is -0.0724. The molecule has 0 unspecified atom stereocenters. The predicted octanol–water partition coefficient (Wildman–Crippen LogP) is 3.45. The lowest BCUT2D eigenvalue weighted by Gasteiger charge is -2.24. The number of rotatable bonds is 7. The number of ether oxygens (including phenoxy) is 1. The molecule has 0 saturated heterocycles. The van der Waals surface area contributed by atoms with E-state index in [9.17, 15) is 14.4 Å². The van der Waals surface area contributed by atoms with Crippen molar-refractivity contribution in [2.75, 3.05) is 12.0 Å². The summed E-state index contributed by atoms with van der Waals surface area (Å²) in [5.41, 5.74) is 1.82. The van der Waals surface area contributed by atoms with Crippen LogP contribution in [0.1, 0.15) is 32.8 Å². The summed E-state index contributed by atoms with van der Waals surface area (Å²) in [6, 6.07) is 9.06. The molecule has 9 heteroatoms. The van der Waals surface area contributed by atoms with Crippen molar-refractivity contribution in [2.45, 2.75) is 19.1 Å². The van der Waals surface area contributed by atoms with Gasteiger partial charge in [0.15, 0.2) is 0 Å². The van der Waals surface area contributed by atoms with Crippen LogP contribution in [0.15, 0.2) is 48.8 Å². The summed E-state index contributed by atoms with van der Waals surface area (Å²) >= 11 is 7.50. The summed E-state index contributed by atoms with van der Waals surface area (Å²) in [4.78, 5) is 43.9. The lowest BCUT2D eigenvalue weighted by Crippen LogP contribution is -2.46. The minimum absolute atomic E-state index is 0.0724. The number of nitrogens with zero attached hydrogens (tertiary/aromatic N) is 3. The number of benzene rings is 1. The second kappa shape index (κ2) is 8.49. The third-order valence-electron chi connectivity index (χ3n) is 4.83. The largest absolute Gasteiger partial charge is 0.458 e. The molecule has 3 aromatic rings. The third-order valence-corrected chi connectivity index (χ3v) is 5.70. The van der Waals surface area contributed by atoms with Crippen molar-refractivity contribution in [3.05, 3.63) is 70.6 Å². The van der Waals surface area contributed by atoms with Gasteiger partial charge in [-0.05, 0) is 42.7 Å². The van der Waals surface area contributed by atoms with Crippen LogP contribution in [0.25, 0.3) is 5.65 Å². The standard InChI is InChI=1S/C21H18ClN3O4S/c1-30-9-8-17(25-19(26)15-4-2-3-5-16(15)20(25)27)21(28)29-12-14-11-24-10-13(22)6-7-18(24)23-14/h2-7,10-11,17H,8-9,12H2,1H3/t17-/m0/s1. The summed E-state index contributed by atoms with van der Waals surface area (Å²) in [7, 11) is 0. The van der Waals surface area contributed by atoms with Crippen molar-refractivity contribution in [3.8, 4) is 0 Å². The zero-order valence-corrected chi connectivity index (χ0v) is 17.7. The maximum Gasteiger partial charge on any atom is 0.329 e. The molecule has 0 radical (unpaired) electrons. The van der Waals surface area contributed by atoms with E-state index in [4.69, 9.17) is 16.3 Å². The molecule has 0 saturated carbocycles. The van der Waals surface area contributed by atoms with Crippen LogP contribution < -0.4 is 0 Å². The molecule has 0 aliphatic carbocycles. The molecule has 3 heterocycles. The quantitative estimate of drug-likeness (QED) is 0.411. The Balaban J connectivity index is 1.52. The first-order chi connectivity index (χ1) is 14.5. The number of hydrogen-bond donors (Lipinski definition) is 0. The van der Waals surface area contributed by atoms with Gasteiger partial charge in [-0.25, -0.2) is 9.78 Å². The number of carbonyl (C=O) groups excluding carboxylic acids is 3. The average Bonchev–Trinajstić information content (AvgIpc) is 3.26. The highest BCUT2D eigenvalue weighted by atomic mass is 35.5. The maximum atomic E-state index is 12.9. The van der Waals surface area contributed by atoms with E-state index in [1.54, 1.807) is 53.2 Å². The predicted molar refractivity (Wildman–Crippen MR) is 114 cm³/mol. The van der Waals surface area contributed by atoms with Gasteiger partial charge >= 0.3 is 5.97 Å². The number of imide groups is 1. The van der Waals surface area contributed by atoms with Crippen LogP contribution >= 0.6 is 23.4 Å². The first-order valence-corrected chi connectivity index (χ1v) is 11.0. The summed E-state index contributed by atoms with van der Waals surface area (Å²) < 4.78 is 7.19. The Morgan fingerprint density at radius 3 is 2.50 bits per heavy atom. The van der Waals surface area contributed by atoms with Crippen molar-refractivity contribution in [2.24, 2.45) is 0 Å². The van der Waals surface area contributed by atoms with E-state index in [0.29, 0.717) is 39.7 Å². The molecular weight excluding hydrogens is 426 g/mol. The Labute approximate surface area is 182 Å². The molecule has 154 valence electrons. The molecule has 1 aliphatic rings. The van der Waals surface area contributed by atoms with Crippen LogP contribution in [-0.4, -0.2) is 50.1 Å². The van der Waals surface area contributed by atoms with Crippen molar-refractivity contribution in [1.82, 2.24) is 14.3 Å². The number of hydrogen-bond acceptors (Lipinski definition) is 6. The molecule has 1 atom stereocenters. The molecule has 30 heavy (non-hydrogen) atoms. The molecule has 0 N–H and O–H groups in total. The van der Waals surface area contributed by atoms with Crippen LogP contribution in [0.5, 0.6) is 0 Å². The minimum Gasteiger partial charge on any atom is -0.458 e. The molecule has 4 rings (SSSR count). The fraction of sp³-hybridized carbons (Fsp3) is 0.238. The molecule has 0 bridgehead atoms. The Bertz CT molecular complexity index is 1110. The average molecular weight is 444 g/mol. The number of amides is 2. The van der Waals surface area contributed by atoms with Crippen LogP contribution in [0, 0.1) is 0 Å². The van der Waals surface area contributed by atoms with Crippen LogP contribution in [0.2, 0.25) is 5.02 Å². The normalized spacial score (nSPS) is 14.3. The SMILES string of the molecule is CSCC[C@@H](C(=O)OCc1cn2cc(Cl)ccc2n1)N1C(=O)c2ccccc2C1=O. The third kappa shape index (κ3) is 3.80. The Morgan fingerprint density at radius 1 is 1.13 bits per heavy atom. The van der Waals surface area contributed by atoms with Gasteiger partial charge in [0.2, 0.25) is 0 Å². The number of aromatic nitrogens is 2. The Morgan fingerprint density at radius 2 is 1.83 bits per heavy atom. The van der Waals surface area contributed by atoms with Gasteiger partial charge in [0, 0.05) is 12.4 Å². The van der Waals surface area contributed by atoms with E-state index in [1.165, 1.54) is 11.8 Å². The highest BCUT2D eigenvalue weighted by Gasteiger charge is 2.43. The van der Waals surface area contributed by atoms with Crippen LogP contribution in [-0.2, 0) is 16.1 Å². The van der Waals surface area contributed by atoms with Gasteiger partial charge in [-0.1, -0.05) is 23.7 Å². The second-order valence-electron chi connectivity index (χ2n) is 6.78. The maximum absolute atomic E-state index is 12.9. The van der Waals surface area contributed by atoms with E-state index in [0.717, 1.165) is 4.90 Å². The van der Waals surface area contributed by atoms with E-state index >= 15 is 0 Å². The fourth-order valence-electron chi connectivity index (χ4n) is 3.40. The van der Waals surface area contributed by atoms with E-state index in [1.807, 2.05) is 6.26 Å². The first kappa shape index (κ1) is 20.4. The zero-order valence-electron chi connectivity index (χ0n) is 16.1. The highest BCUT2D eigenvalue weighted by Crippen LogP contribution is 2.27. The number of pyridine rings is 1. The van der Waals surface area contributed by atoms with E-state index in [-0.39, 0.29) is 6.61 Å². The minimum atomic E-state index is -0.990. The number of thioether (sulfide) groups is 1. The number of carbonyl (C=O) groups is 3. The number of halogens is 1. The number of fused-ring (bicyclic) bond motifs is 2. The second-order valence-corrected chi connectivity index (χ2v) is 8.20. The lowest BCUT2D eigenvalue weighted by atomic mass is 10.1. The zero-order chi connectivity index (χ0) is 21.3. The Kier molecular flexibility index (Phi) is 5.78. The molecule has 0 spiro atoms. The Hall–Kier alpha value is -2.84. The van der Waals surface area contributed by atoms with Crippen molar-refractivity contribution in [3.63, 3.8) is 0 Å². The monoisotopic (exact) mass is 443 g/mol. The molecule has 0 fully saturated rings. The molecule has 2 aromatic heterocycles. The first-order valence-electron chi connectivity index (χ1n) is 9.25. The van der Waals surface area contributed by atoms with Crippen molar-refractivity contribution >= 4 is 46.8 Å². The van der Waals surface area contributed by atoms with Gasteiger partial charge in [0.25, 0.3) is 11.8 Å². The highest BCUT2D eigenvalue weighted by molar-refractivity contribution is 7.98. The summed E-state index contributed by atoms with van der Waals surface area (Å²) in [6.07, 6.45) is 5.63. The van der Waals surface area contributed by atoms with Gasteiger partial charge < -0.3 is 9.14 Å². The summed E-state index contributed by atoms with van der Waals surface area (Å²) in [5, 5.41) is 0.561. The topological polar surface area (TPSA) is 81.0 Å². The molecule has 1 aliphatic heterocycles. The molecule has 2 amide bonds. The van der Waals surface area contributed by atoms with Gasteiger partial charge in [0.05, 0.1) is 21.8 Å². The van der Waals surface area contributed by atoms with Crippen LogP contribution in [0.4, 0.5) is 0 Å². The van der Waals surface area contributed by atoms with Crippen molar-refractivity contribution in [1.29, 1.82) is 0 Å². The van der Waals surface area contributed by atoms with Crippen LogP contribution in [0.3, 0.4) is 0 Å². The van der Waals surface area contributed by atoms with Crippen molar-refractivity contribution < 1.29 is 19.1 Å². The molecular formula is C21H18ClN3O4S. The smallest absolute Gasteiger partial charge is 0.329 e. The van der Waals surface area contributed by atoms with E-state index < -0.39 is 23.8 Å².